The van der Waals surface area contributed by atoms with E-state index in [-0.39, 0.29) is 5.82 Å². The average Bonchev–Trinajstić information content (AvgIpc) is 2.37. The van der Waals surface area contributed by atoms with Crippen molar-refractivity contribution in [1.29, 1.82) is 0 Å². The van der Waals surface area contributed by atoms with Crippen LogP contribution in [-0.2, 0) is 0 Å². The van der Waals surface area contributed by atoms with E-state index < -0.39 is 0 Å². The third-order valence-corrected chi connectivity index (χ3v) is 4.74. The highest BCUT2D eigenvalue weighted by Gasteiger charge is 2.19. The van der Waals surface area contributed by atoms with Gasteiger partial charge in [0.05, 0.1) is 0 Å². The Morgan fingerprint density at radius 2 is 2.11 bits per heavy atom. The number of rotatable bonds is 4. The first-order valence-corrected chi connectivity index (χ1v) is 7.42. The van der Waals surface area contributed by atoms with Crippen molar-refractivity contribution >= 4 is 11.8 Å². The Balaban J connectivity index is 1.85. The Kier molecular flexibility index (Phi) is 5.03. The summed E-state index contributed by atoms with van der Waals surface area (Å²) in [5.41, 5.74) is 6.30. The van der Waals surface area contributed by atoms with Crippen molar-refractivity contribution in [3.05, 3.63) is 29.6 Å². The number of aryl methyl sites for hydroxylation is 1. The lowest BCUT2D eigenvalue weighted by atomic mass is 10.1. The molecule has 0 saturated carbocycles. The number of hydrogen-bond acceptors (Lipinski definition) is 3. The standard InChI is InChI=1S/C14H21FN2S/c1-11-10-13(2-3-14(11)15)18-12-4-7-17(8-5-12)9-6-16/h2-3,10,12H,4-9,16H2,1H3. The lowest BCUT2D eigenvalue weighted by Gasteiger charge is -2.31. The summed E-state index contributed by atoms with van der Waals surface area (Å²) in [5.74, 6) is -0.114. The van der Waals surface area contributed by atoms with E-state index in [9.17, 15) is 4.39 Å². The van der Waals surface area contributed by atoms with E-state index in [0.29, 0.717) is 5.25 Å². The Bertz CT molecular complexity index is 389. The number of hydrogen-bond donors (Lipinski definition) is 1. The van der Waals surface area contributed by atoms with Crippen molar-refractivity contribution < 1.29 is 4.39 Å². The van der Waals surface area contributed by atoms with Crippen molar-refractivity contribution in [2.24, 2.45) is 5.73 Å². The number of likely N-dealkylation sites (tertiary alicyclic amines) is 1. The Morgan fingerprint density at radius 3 is 2.72 bits per heavy atom. The molecule has 2 N–H and O–H groups in total. The number of benzene rings is 1. The SMILES string of the molecule is Cc1cc(SC2CCN(CCN)CC2)ccc1F. The van der Waals surface area contributed by atoms with E-state index in [1.165, 1.54) is 17.7 Å². The maximum absolute atomic E-state index is 13.2. The Morgan fingerprint density at radius 1 is 1.39 bits per heavy atom. The molecule has 0 aromatic heterocycles. The largest absolute Gasteiger partial charge is 0.329 e. The first-order valence-electron chi connectivity index (χ1n) is 6.54. The summed E-state index contributed by atoms with van der Waals surface area (Å²) in [7, 11) is 0. The summed E-state index contributed by atoms with van der Waals surface area (Å²) < 4.78 is 13.2. The monoisotopic (exact) mass is 268 g/mol. The maximum atomic E-state index is 13.2. The van der Waals surface area contributed by atoms with Crippen LogP contribution < -0.4 is 5.73 Å². The molecule has 0 atom stereocenters. The Labute approximate surface area is 113 Å². The van der Waals surface area contributed by atoms with Gasteiger partial charge in [0.15, 0.2) is 0 Å². The van der Waals surface area contributed by atoms with Gasteiger partial charge in [-0.3, -0.25) is 0 Å². The summed E-state index contributed by atoms with van der Waals surface area (Å²) in [6, 6.07) is 5.41. The first-order chi connectivity index (χ1) is 8.69. The van der Waals surface area contributed by atoms with Gasteiger partial charge in [0.2, 0.25) is 0 Å². The molecule has 0 spiro atoms. The molecule has 4 heteroatoms. The average molecular weight is 268 g/mol. The van der Waals surface area contributed by atoms with Gasteiger partial charge in [-0.25, -0.2) is 4.39 Å². The quantitative estimate of drug-likeness (QED) is 0.910. The fourth-order valence-corrected chi connectivity index (χ4v) is 3.54. The first kappa shape index (κ1) is 13.8. The summed E-state index contributed by atoms with van der Waals surface area (Å²) in [4.78, 5) is 3.61. The van der Waals surface area contributed by atoms with E-state index in [1.54, 1.807) is 6.07 Å². The molecular weight excluding hydrogens is 247 g/mol. The fraction of sp³-hybridized carbons (Fsp3) is 0.571. The number of halogens is 1. The molecule has 1 heterocycles. The normalized spacial score (nSPS) is 18.2. The van der Waals surface area contributed by atoms with E-state index in [2.05, 4.69) is 4.90 Å². The van der Waals surface area contributed by atoms with Gasteiger partial charge in [-0.05, 0) is 56.6 Å². The number of nitrogens with zero attached hydrogens (tertiary/aromatic N) is 1. The van der Waals surface area contributed by atoms with Crippen molar-refractivity contribution in [1.82, 2.24) is 4.90 Å². The molecule has 0 aliphatic carbocycles. The van der Waals surface area contributed by atoms with Crippen LogP contribution in [0, 0.1) is 12.7 Å². The van der Waals surface area contributed by atoms with Crippen molar-refractivity contribution in [3.8, 4) is 0 Å². The summed E-state index contributed by atoms with van der Waals surface area (Å²) in [6.07, 6.45) is 2.39. The molecule has 0 radical (unpaired) electrons. The molecule has 2 nitrogen and oxygen atoms in total. The number of piperidine rings is 1. The van der Waals surface area contributed by atoms with Gasteiger partial charge in [-0.15, -0.1) is 11.8 Å². The summed E-state index contributed by atoms with van der Waals surface area (Å²) in [5, 5.41) is 0.656. The van der Waals surface area contributed by atoms with Crippen molar-refractivity contribution in [2.45, 2.75) is 29.9 Å². The van der Waals surface area contributed by atoms with E-state index in [4.69, 9.17) is 5.73 Å². The highest BCUT2D eigenvalue weighted by Crippen LogP contribution is 2.31. The molecule has 1 aliphatic heterocycles. The van der Waals surface area contributed by atoms with Crippen LogP contribution in [0.5, 0.6) is 0 Å². The molecule has 1 aromatic carbocycles. The second-order valence-corrected chi connectivity index (χ2v) is 6.23. The summed E-state index contributed by atoms with van der Waals surface area (Å²) in [6.45, 7) is 5.84. The summed E-state index contributed by atoms with van der Waals surface area (Å²) >= 11 is 1.88. The third-order valence-electron chi connectivity index (χ3n) is 3.41. The molecule has 18 heavy (non-hydrogen) atoms. The van der Waals surface area contributed by atoms with Gasteiger partial charge in [-0.1, -0.05) is 0 Å². The predicted molar refractivity (Wildman–Crippen MR) is 75.5 cm³/mol. The minimum Gasteiger partial charge on any atom is -0.329 e. The van der Waals surface area contributed by atoms with Crippen molar-refractivity contribution in [3.63, 3.8) is 0 Å². The van der Waals surface area contributed by atoms with Crippen LogP contribution in [-0.4, -0.2) is 36.3 Å². The highest BCUT2D eigenvalue weighted by molar-refractivity contribution is 8.00. The number of nitrogens with two attached hydrogens (primary N) is 1. The minimum atomic E-state index is -0.114. The molecule has 0 unspecified atom stereocenters. The molecule has 2 rings (SSSR count). The van der Waals surface area contributed by atoms with Crippen LogP contribution in [0.3, 0.4) is 0 Å². The molecule has 1 saturated heterocycles. The van der Waals surface area contributed by atoms with E-state index in [0.717, 1.165) is 31.7 Å². The fourth-order valence-electron chi connectivity index (χ4n) is 2.32. The zero-order chi connectivity index (χ0) is 13.0. The topological polar surface area (TPSA) is 29.3 Å². The lowest BCUT2D eigenvalue weighted by molar-refractivity contribution is 0.239. The molecule has 0 amide bonds. The van der Waals surface area contributed by atoms with E-state index >= 15 is 0 Å². The molecular formula is C14H21FN2S. The third kappa shape index (κ3) is 3.70. The smallest absolute Gasteiger partial charge is 0.126 e. The van der Waals surface area contributed by atoms with Crippen LogP contribution in [0.1, 0.15) is 18.4 Å². The van der Waals surface area contributed by atoms with Crippen LogP contribution in [0.4, 0.5) is 4.39 Å². The van der Waals surface area contributed by atoms with Crippen LogP contribution >= 0.6 is 11.8 Å². The van der Waals surface area contributed by atoms with Crippen LogP contribution in [0.2, 0.25) is 0 Å². The van der Waals surface area contributed by atoms with Crippen LogP contribution in [0.15, 0.2) is 23.1 Å². The van der Waals surface area contributed by atoms with Gasteiger partial charge >= 0.3 is 0 Å². The van der Waals surface area contributed by atoms with Gasteiger partial charge < -0.3 is 10.6 Å². The van der Waals surface area contributed by atoms with Gasteiger partial charge in [0, 0.05) is 23.2 Å². The van der Waals surface area contributed by atoms with Gasteiger partial charge in [-0.2, -0.15) is 0 Å². The number of thioether (sulfide) groups is 1. The predicted octanol–water partition coefficient (Wildman–Crippen LogP) is 2.65. The van der Waals surface area contributed by atoms with Gasteiger partial charge in [0.25, 0.3) is 0 Å². The lowest BCUT2D eigenvalue weighted by Crippen LogP contribution is -2.37. The van der Waals surface area contributed by atoms with Crippen LogP contribution in [0.25, 0.3) is 0 Å². The zero-order valence-corrected chi connectivity index (χ0v) is 11.7. The minimum absolute atomic E-state index is 0.114. The zero-order valence-electron chi connectivity index (χ0n) is 10.9. The molecule has 1 aromatic rings. The second kappa shape index (κ2) is 6.55. The second-order valence-electron chi connectivity index (χ2n) is 4.86. The molecule has 0 bridgehead atoms. The molecule has 1 aliphatic rings. The Hall–Kier alpha value is -0.580. The highest BCUT2D eigenvalue weighted by atomic mass is 32.2. The maximum Gasteiger partial charge on any atom is 0.126 e. The molecule has 100 valence electrons. The molecule has 1 fully saturated rings. The van der Waals surface area contributed by atoms with Gasteiger partial charge in [0.1, 0.15) is 5.82 Å². The van der Waals surface area contributed by atoms with Crippen molar-refractivity contribution in [2.75, 3.05) is 26.2 Å². The van der Waals surface area contributed by atoms with E-state index in [1.807, 2.05) is 30.8 Å².